The SMILES string of the molecule is CC(=O)c1c(C)n(-c2ccc(C)cc2)c2ccc(OC[C@H](O)CNCCc3ccccc3C)cc12. The Morgan fingerprint density at radius 1 is 1.03 bits per heavy atom. The van der Waals surface area contributed by atoms with Crippen LogP contribution in [0.25, 0.3) is 16.6 Å². The van der Waals surface area contributed by atoms with E-state index >= 15 is 0 Å². The van der Waals surface area contributed by atoms with Gasteiger partial charge in [-0.2, -0.15) is 0 Å². The van der Waals surface area contributed by atoms with Gasteiger partial charge in [0.2, 0.25) is 0 Å². The summed E-state index contributed by atoms with van der Waals surface area (Å²) >= 11 is 0. The zero-order valence-corrected chi connectivity index (χ0v) is 21.0. The fourth-order valence-electron chi connectivity index (χ4n) is 4.59. The molecule has 1 heterocycles. The van der Waals surface area contributed by atoms with Gasteiger partial charge in [-0.3, -0.25) is 4.79 Å². The van der Waals surface area contributed by atoms with Crippen LogP contribution in [0.3, 0.4) is 0 Å². The van der Waals surface area contributed by atoms with E-state index in [2.05, 4.69) is 66.2 Å². The molecule has 35 heavy (non-hydrogen) atoms. The number of carbonyl (C=O) groups is 1. The Bertz CT molecular complexity index is 1320. The zero-order valence-electron chi connectivity index (χ0n) is 21.0. The van der Waals surface area contributed by atoms with Gasteiger partial charge in [-0.25, -0.2) is 0 Å². The molecule has 0 aliphatic heterocycles. The third-order valence-electron chi connectivity index (χ3n) is 6.47. The van der Waals surface area contributed by atoms with Gasteiger partial charge in [0.1, 0.15) is 18.5 Å². The maximum Gasteiger partial charge on any atom is 0.162 e. The molecule has 1 atom stereocenters. The number of aromatic nitrogens is 1. The van der Waals surface area contributed by atoms with Gasteiger partial charge in [0.05, 0.1) is 5.52 Å². The van der Waals surface area contributed by atoms with Crippen molar-refractivity contribution >= 4 is 16.7 Å². The van der Waals surface area contributed by atoms with Crippen LogP contribution in [0.5, 0.6) is 5.75 Å². The van der Waals surface area contributed by atoms with Gasteiger partial charge in [0.15, 0.2) is 5.78 Å². The summed E-state index contributed by atoms with van der Waals surface area (Å²) in [6.45, 7) is 9.17. The van der Waals surface area contributed by atoms with Gasteiger partial charge >= 0.3 is 0 Å². The predicted molar refractivity (Wildman–Crippen MR) is 142 cm³/mol. The maximum absolute atomic E-state index is 12.5. The lowest BCUT2D eigenvalue weighted by Gasteiger charge is -2.14. The number of ether oxygens (including phenoxy) is 1. The Morgan fingerprint density at radius 3 is 2.49 bits per heavy atom. The fraction of sp³-hybridized carbons (Fsp3) is 0.300. The monoisotopic (exact) mass is 470 g/mol. The summed E-state index contributed by atoms with van der Waals surface area (Å²) in [6.07, 6.45) is 0.288. The van der Waals surface area contributed by atoms with Crippen LogP contribution in [-0.4, -0.2) is 41.3 Å². The topological polar surface area (TPSA) is 63.5 Å². The van der Waals surface area contributed by atoms with Crippen molar-refractivity contribution < 1.29 is 14.6 Å². The number of hydrogen-bond donors (Lipinski definition) is 2. The Morgan fingerprint density at radius 2 is 1.77 bits per heavy atom. The standard InChI is InChI=1S/C30H34N2O3/c1-20-9-11-25(12-10-20)32-22(3)30(23(4)33)28-17-27(13-14-29(28)32)35-19-26(34)18-31-16-15-24-8-6-5-7-21(24)2/h5-14,17,26,31,34H,15-16,18-19H2,1-4H3/t26-/m1/s1. The molecule has 0 amide bonds. The number of aryl methyl sites for hydroxylation is 2. The third kappa shape index (κ3) is 5.64. The third-order valence-corrected chi connectivity index (χ3v) is 6.47. The number of rotatable bonds is 10. The summed E-state index contributed by atoms with van der Waals surface area (Å²) in [6, 6.07) is 22.4. The van der Waals surface area contributed by atoms with Gasteiger partial charge in [0.25, 0.3) is 0 Å². The van der Waals surface area contributed by atoms with Gasteiger partial charge in [-0.15, -0.1) is 0 Å². The lowest BCUT2D eigenvalue weighted by Crippen LogP contribution is -2.32. The van der Waals surface area contributed by atoms with Crippen molar-refractivity contribution in [2.45, 2.75) is 40.2 Å². The molecule has 3 aromatic carbocycles. The smallest absolute Gasteiger partial charge is 0.162 e. The highest BCUT2D eigenvalue weighted by Gasteiger charge is 2.19. The van der Waals surface area contributed by atoms with Gasteiger partial charge in [-0.1, -0.05) is 42.0 Å². The van der Waals surface area contributed by atoms with E-state index in [1.54, 1.807) is 6.92 Å². The fourth-order valence-corrected chi connectivity index (χ4v) is 4.59. The first-order valence-corrected chi connectivity index (χ1v) is 12.1. The summed E-state index contributed by atoms with van der Waals surface area (Å²) in [5, 5.41) is 14.6. The van der Waals surface area contributed by atoms with Crippen molar-refractivity contribution in [3.05, 3.63) is 94.7 Å². The molecule has 0 aliphatic carbocycles. The van der Waals surface area contributed by atoms with Crippen molar-refractivity contribution in [1.82, 2.24) is 9.88 Å². The van der Waals surface area contributed by atoms with Crippen LogP contribution in [0.2, 0.25) is 0 Å². The number of fused-ring (bicyclic) bond motifs is 1. The van der Waals surface area contributed by atoms with Crippen molar-refractivity contribution in [2.75, 3.05) is 19.7 Å². The summed E-state index contributed by atoms with van der Waals surface area (Å²) in [5.74, 6) is 0.661. The van der Waals surface area contributed by atoms with Gasteiger partial charge < -0.3 is 19.7 Å². The van der Waals surface area contributed by atoms with Gasteiger partial charge in [0, 0.05) is 28.9 Å². The van der Waals surface area contributed by atoms with Crippen LogP contribution in [-0.2, 0) is 6.42 Å². The lowest BCUT2D eigenvalue weighted by molar-refractivity contribution is 0.101. The summed E-state index contributed by atoms with van der Waals surface area (Å²) in [4.78, 5) is 12.5. The van der Waals surface area contributed by atoms with Crippen LogP contribution < -0.4 is 10.1 Å². The minimum absolute atomic E-state index is 0.0217. The highest BCUT2D eigenvalue weighted by Crippen LogP contribution is 2.32. The van der Waals surface area contributed by atoms with E-state index in [-0.39, 0.29) is 12.4 Å². The number of hydrogen-bond acceptors (Lipinski definition) is 4. The molecule has 0 fully saturated rings. The lowest BCUT2D eigenvalue weighted by atomic mass is 10.1. The Balaban J connectivity index is 1.42. The van der Waals surface area contributed by atoms with E-state index in [1.807, 2.05) is 31.2 Å². The maximum atomic E-state index is 12.5. The quantitative estimate of drug-likeness (QED) is 0.243. The van der Waals surface area contributed by atoms with Crippen molar-refractivity contribution in [3.63, 3.8) is 0 Å². The van der Waals surface area contributed by atoms with Crippen LogP contribution in [0.1, 0.15) is 39.7 Å². The molecule has 0 bridgehead atoms. The van der Waals surface area contributed by atoms with Crippen LogP contribution in [0.15, 0.2) is 66.7 Å². The molecule has 0 saturated heterocycles. The normalized spacial score (nSPS) is 12.1. The molecule has 0 spiro atoms. The number of carbonyl (C=O) groups excluding carboxylic acids is 1. The predicted octanol–water partition coefficient (Wildman–Crippen LogP) is 5.33. The Kier molecular flexibility index (Phi) is 7.69. The minimum atomic E-state index is -0.631. The van der Waals surface area contributed by atoms with E-state index in [9.17, 15) is 9.90 Å². The second-order valence-corrected chi connectivity index (χ2v) is 9.21. The van der Waals surface area contributed by atoms with E-state index < -0.39 is 6.10 Å². The van der Waals surface area contributed by atoms with E-state index in [0.717, 1.165) is 35.2 Å². The average Bonchev–Trinajstić information content (AvgIpc) is 3.13. The molecule has 4 aromatic rings. The molecule has 2 N–H and O–H groups in total. The Hall–Kier alpha value is -3.41. The molecule has 182 valence electrons. The second kappa shape index (κ2) is 10.9. The molecular weight excluding hydrogens is 436 g/mol. The number of benzene rings is 3. The molecule has 0 unspecified atom stereocenters. The van der Waals surface area contributed by atoms with E-state index in [1.165, 1.54) is 16.7 Å². The first-order chi connectivity index (χ1) is 16.8. The molecule has 5 nitrogen and oxygen atoms in total. The number of nitrogens with zero attached hydrogens (tertiary/aromatic N) is 1. The van der Waals surface area contributed by atoms with Gasteiger partial charge in [-0.05, 0) is 82.1 Å². The zero-order chi connectivity index (χ0) is 24.9. The second-order valence-electron chi connectivity index (χ2n) is 9.21. The largest absolute Gasteiger partial charge is 0.491 e. The summed E-state index contributed by atoms with van der Waals surface area (Å²) in [7, 11) is 0. The van der Waals surface area contributed by atoms with Crippen LogP contribution in [0.4, 0.5) is 0 Å². The molecule has 0 aliphatic rings. The molecular formula is C30H34N2O3. The van der Waals surface area contributed by atoms with Crippen molar-refractivity contribution in [2.24, 2.45) is 0 Å². The minimum Gasteiger partial charge on any atom is -0.491 e. The Labute approximate surface area is 207 Å². The molecule has 0 saturated carbocycles. The molecule has 4 rings (SSSR count). The number of aliphatic hydroxyl groups excluding tert-OH is 1. The van der Waals surface area contributed by atoms with Crippen LogP contribution >= 0.6 is 0 Å². The molecule has 1 aromatic heterocycles. The average molecular weight is 471 g/mol. The highest BCUT2D eigenvalue weighted by atomic mass is 16.5. The van der Waals surface area contributed by atoms with Crippen molar-refractivity contribution in [3.8, 4) is 11.4 Å². The molecule has 5 heteroatoms. The summed E-state index contributed by atoms with van der Waals surface area (Å²) in [5.41, 5.74) is 7.37. The van der Waals surface area contributed by atoms with Crippen molar-refractivity contribution in [1.29, 1.82) is 0 Å². The first-order valence-electron chi connectivity index (χ1n) is 12.1. The van der Waals surface area contributed by atoms with E-state index in [0.29, 0.717) is 17.9 Å². The first kappa shape index (κ1) is 24.7. The number of aliphatic hydroxyl groups is 1. The van der Waals surface area contributed by atoms with E-state index in [4.69, 9.17) is 4.74 Å². The molecule has 0 radical (unpaired) electrons. The summed E-state index contributed by atoms with van der Waals surface area (Å²) < 4.78 is 8.02. The van der Waals surface area contributed by atoms with Crippen LogP contribution in [0, 0.1) is 20.8 Å². The highest BCUT2D eigenvalue weighted by molar-refractivity contribution is 6.09. The number of Topliss-reactive ketones (excluding diaryl/α,β-unsaturated/α-hetero) is 1. The number of ketones is 1. The number of nitrogens with one attached hydrogen (secondary N) is 1.